The Labute approximate surface area is 161 Å². The Balaban J connectivity index is 2.09. The Kier molecular flexibility index (Phi) is 5.32. The van der Waals surface area contributed by atoms with Gasteiger partial charge in [-0.2, -0.15) is 0 Å². The van der Waals surface area contributed by atoms with Crippen molar-refractivity contribution < 1.29 is 12.8 Å². The molecule has 27 heavy (non-hydrogen) atoms. The number of nitrogens with zero attached hydrogens (tertiary/aromatic N) is 3. The van der Waals surface area contributed by atoms with Crippen LogP contribution in [0.1, 0.15) is 28.3 Å². The van der Waals surface area contributed by atoms with E-state index in [1.165, 1.54) is 16.8 Å². The number of benzene rings is 2. The van der Waals surface area contributed by atoms with E-state index in [9.17, 15) is 12.8 Å². The number of alkyl halides is 1. The minimum atomic E-state index is -4.00. The van der Waals surface area contributed by atoms with Gasteiger partial charge < -0.3 is 0 Å². The number of sulfonamides is 1. The fraction of sp³-hybridized carbons (Fsp3) is 0.222. The molecule has 0 aliphatic rings. The van der Waals surface area contributed by atoms with Crippen molar-refractivity contribution in [3.63, 3.8) is 0 Å². The van der Waals surface area contributed by atoms with E-state index in [1.54, 1.807) is 0 Å². The van der Waals surface area contributed by atoms with Gasteiger partial charge in [-0.1, -0.05) is 23.8 Å². The summed E-state index contributed by atoms with van der Waals surface area (Å²) in [6, 6.07) is 9.48. The number of aryl methyl sites for hydroxylation is 2. The number of hydrogen-bond acceptors (Lipinski definition) is 4. The first kappa shape index (κ1) is 19.5. The van der Waals surface area contributed by atoms with Gasteiger partial charge in [-0.05, 0) is 43.2 Å². The van der Waals surface area contributed by atoms with Crippen LogP contribution in [0.5, 0.6) is 0 Å². The maximum atomic E-state index is 14.6. The number of aromatic nitrogens is 3. The van der Waals surface area contributed by atoms with Crippen molar-refractivity contribution in [1.29, 1.82) is 0 Å². The van der Waals surface area contributed by atoms with Gasteiger partial charge in [0.05, 0.1) is 10.8 Å². The number of hydrogen-bond donors (Lipinski definition) is 1. The SMILES string of the molecule is Cc1ccc(C)c(Cc2nc(CCl)nn2-c2ccc(S(N)(=O)=O)cc2F)c1. The average Bonchev–Trinajstić information content (AvgIpc) is 3.00. The lowest BCUT2D eigenvalue weighted by atomic mass is 10.0. The maximum absolute atomic E-state index is 14.6. The van der Waals surface area contributed by atoms with Gasteiger partial charge in [0.2, 0.25) is 10.0 Å². The first-order valence-corrected chi connectivity index (χ1v) is 10.2. The highest BCUT2D eigenvalue weighted by Gasteiger charge is 2.18. The lowest BCUT2D eigenvalue weighted by Crippen LogP contribution is -2.13. The van der Waals surface area contributed by atoms with Gasteiger partial charge in [-0.15, -0.1) is 16.7 Å². The highest BCUT2D eigenvalue weighted by atomic mass is 35.5. The van der Waals surface area contributed by atoms with Crippen molar-refractivity contribution in [2.24, 2.45) is 5.14 Å². The first-order chi connectivity index (χ1) is 12.7. The van der Waals surface area contributed by atoms with E-state index in [-0.39, 0.29) is 16.5 Å². The molecule has 1 heterocycles. The highest BCUT2D eigenvalue weighted by Crippen LogP contribution is 2.21. The fourth-order valence-corrected chi connectivity index (χ4v) is 3.39. The van der Waals surface area contributed by atoms with Gasteiger partial charge in [0.25, 0.3) is 0 Å². The summed E-state index contributed by atoms with van der Waals surface area (Å²) in [5, 5.41) is 9.31. The van der Waals surface area contributed by atoms with E-state index >= 15 is 0 Å². The molecule has 0 saturated heterocycles. The number of rotatable bonds is 5. The molecule has 3 rings (SSSR count). The minimum Gasteiger partial charge on any atom is -0.225 e. The molecule has 3 aromatic rings. The summed E-state index contributed by atoms with van der Waals surface area (Å²) in [5.74, 6) is 0.159. The summed E-state index contributed by atoms with van der Waals surface area (Å²) in [6.07, 6.45) is 0.424. The molecular formula is C18H18ClFN4O2S. The molecule has 142 valence electrons. The summed E-state index contributed by atoms with van der Waals surface area (Å²) in [6.45, 7) is 3.98. The quantitative estimate of drug-likeness (QED) is 0.657. The van der Waals surface area contributed by atoms with Crippen molar-refractivity contribution in [2.75, 3.05) is 0 Å². The van der Waals surface area contributed by atoms with E-state index in [2.05, 4.69) is 10.1 Å². The second kappa shape index (κ2) is 7.38. The van der Waals surface area contributed by atoms with Crippen LogP contribution in [0.4, 0.5) is 4.39 Å². The van der Waals surface area contributed by atoms with Crippen molar-refractivity contribution in [2.45, 2.75) is 31.0 Å². The van der Waals surface area contributed by atoms with E-state index in [4.69, 9.17) is 16.7 Å². The Bertz CT molecular complexity index is 1110. The zero-order chi connectivity index (χ0) is 19.8. The molecule has 0 atom stereocenters. The van der Waals surface area contributed by atoms with Gasteiger partial charge in [0, 0.05) is 6.42 Å². The molecule has 2 N–H and O–H groups in total. The topological polar surface area (TPSA) is 90.9 Å². The molecule has 0 aliphatic carbocycles. The lowest BCUT2D eigenvalue weighted by molar-refractivity contribution is 0.587. The molecule has 0 saturated carbocycles. The van der Waals surface area contributed by atoms with Crippen molar-refractivity contribution in [3.8, 4) is 5.69 Å². The van der Waals surface area contributed by atoms with Crippen LogP contribution < -0.4 is 5.14 Å². The average molecular weight is 409 g/mol. The normalized spacial score (nSPS) is 11.7. The predicted octanol–water partition coefficient (Wildman–Crippen LogP) is 3.00. The van der Waals surface area contributed by atoms with Crippen LogP contribution in [0.3, 0.4) is 0 Å². The van der Waals surface area contributed by atoms with E-state index in [1.807, 2.05) is 32.0 Å². The summed E-state index contributed by atoms with van der Waals surface area (Å²) >= 11 is 5.86. The molecule has 0 bridgehead atoms. The summed E-state index contributed by atoms with van der Waals surface area (Å²) in [4.78, 5) is 4.09. The molecule has 0 spiro atoms. The van der Waals surface area contributed by atoms with Crippen LogP contribution in [-0.4, -0.2) is 23.2 Å². The second-order valence-corrected chi connectivity index (χ2v) is 8.08. The molecule has 9 heteroatoms. The van der Waals surface area contributed by atoms with Gasteiger partial charge in [-0.3, -0.25) is 0 Å². The lowest BCUT2D eigenvalue weighted by Gasteiger charge is -2.10. The van der Waals surface area contributed by atoms with Gasteiger partial charge in [0.1, 0.15) is 17.3 Å². The van der Waals surface area contributed by atoms with Crippen molar-refractivity contribution in [1.82, 2.24) is 14.8 Å². The highest BCUT2D eigenvalue weighted by molar-refractivity contribution is 7.89. The maximum Gasteiger partial charge on any atom is 0.238 e. The zero-order valence-corrected chi connectivity index (χ0v) is 16.4. The molecule has 0 radical (unpaired) electrons. The standard InChI is InChI=1S/C18H18ClFN4O2S/c1-11-3-4-12(2)13(7-11)8-18-22-17(10-19)23-24(18)16-6-5-14(9-15(16)20)27(21,25)26/h3-7,9H,8,10H2,1-2H3,(H2,21,25,26). The van der Waals surface area contributed by atoms with Gasteiger partial charge in [0.15, 0.2) is 5.82 Å². The molecule has 0 fully saturated rings. The molecule has 2 aromatic carbocycles. The summed E-state index contributed by atoms with van der Waals surface area (Å²) in [5.41, 5.74) is 3.29. The largest absolute Gasteiger partial charge is 0.238 e. The number of halogens is 2. The Morgan fingerprint density at radius 2 is 1.93 bits per heavy atom. The van der Waals surface area contributed by atoms with Crippen molar-refractivity contribution >= 4 is 21.6 Å². The Hall–Kier alpha value is -2.29. The van der Waals surface area contributed by atoms with Crippen molar-refractivity contribution in [3.05, 3.63) is 70.6 Å². The van der Waals surface area contributed by atoms with Crippen LogP contribution in [0.15, 0.2) is 41.3 Å². The fourth-order valence-electron chi connectivity index (χ4n) is 2.75. The Morgan fingerprint density at radius 3 is 2.56 bits per heavy atom. The van der Waals surface area contributed by atoms with E-state index in [0.29, 0.717) is 18.1 Å². The summed E-state index contributed by atoms with van der Waals surface area (Å²) in [7, 11) is -4.00. The second-order valence-electron chi connectivity index (χ2n) is 6.25. The zero-order valence-electron chi connectivity index (χ0n) is 14.8. The number of primary sulfonamides is 1. The third-order valence-electron chi connectivity index (χ3n) is 4.17. The third-order valence-corrected chi connectivity index (χ3v) is 5.32. The number of nitrogens with two attached hydrogens (primary N) is 1. The monoisotopic (exact) mass is 408 g/mol. The van der Waals surface area contributed by atoms with Crippen LogP contribution in [0.2, 0.25) is 0 Å². The molecular weight excluding hydrogens is 391 g/mol. The van der Waals surface area contributed by atoms with Crippen LogP contribution >= 0.6 is 11.6 Å². The predicted molar refractivity (Wildman–Crippen MR) is 101 cm³/mol. The van der Waals surface area contributed by atoms with Crippen LogP contribution in [-0.2, 0) is 22.3 Å². The molecule has 0 amide bonds. The van der Waals surface area contributed by atoms with Gasteiger partial charge in [-0.25, -0.2) is 27.6 Å². The van der Waals surface area contributed by atoms with Crippen LogP contribution in [0, 0.1) is 19.7 Å². The van der Waals surface area contributed by atoms with E-state index < -0.39 is 15.8 Å². The molecule has 1 aromatic heterocycles. The smallest absolute Gasteiger partial charge is 0.225 e. The third kappa shape index (κ3) is 4.18. The molecule has 0 aliphatic heterocycles. The molecule has 0 unspecified atom stereocenters. The van der Waals surface area contributed by atoms with E-state index in [0.717, 1.165) is 22.8 Å². The minimum absolute atomic E-state index is 0.0731. The first-order valence-electron chi connectivity index (χ1n) is 8.08. The van der Waals surface area contributed by atoms with Gasteiger partial charge >= 0.3 is 0 Å². The molecule has 6 nitrogen and oxygen atoms in total. The summed E-state index contributed by atoms with van der Waals surface area (Å²) < 4.78 is 38.8. The van der Waals surface area contributed by atoms with Crippen LogP contribution in [0.25, 0.3) is 5.69 Å². The Morgan fingerprint density at radius 1 is 1.19 bits per heavy atom.